The summed E-state index contributed by atoms with van der Waals surface area (Å²) in [6, 6.07) is 14.5. The number of aromatic nitrogens is 2. The largest absolute Gasteiger partial charge is 0.330 e. The van der Waals surface area contributed by atoms with Gasteiger partial charge >= 0.3 is 0 Å². The van der Waals surface area contributed by atoms with Crippen LogP contribution in [0.4, 0.5) is 10.2 Å². The smallest absolute Gasteiger partial charge is 0.165 e. The van der Waals surface area contributed by atoms with E-state index in [0.717, 1.165) is 29.7 Å². The van der Waals surface area contributed by atoms with Crippen molar-refractivity contribution in [3.8, 4) is 11.4 Å². The van der Waals surface area contributed by atoms with Gasteiger partial charge in [-0.05, 0) is 37.6 Å². The van der Waals surface area contributed by atoms with Crippen LogP contribution in [0.5, 0.6) is 0 Å². The minimum atomic E-state index is -0.303. The van der Waals surface area contributed by atoms with Gasteiger partial charge in [0.2, 0.25) is 0 Å². The van der Waals surface area contributed by atoms with Crippen molar-refractivity contribution in [2.75, 3.05) is 11.4 Å². The van der Waals surface area contributed by atoms with Crippen molar-refractivity contribution in [3.63, 3.8) is 0 Å². The summed E-state index contributed by atoms with van der Waals surface area (Å²) in [4.78, 5) is 11.4. The highest BCUT2D eigenvalue weighted by molar-refractivity contribution is 5.92. The molecule has 3 nitrogen and oxygen atoms in total. The number of nitrogens with zero attached hydrogens (tertiary/aromatic N) is 3. The number of hydrogen-bond donors (Lipinski definition) is 0. The molecule has 0 fully saturated rings. The van der Waals surface area contributed by atoms with Crippen LogP contribution in [0.3, 0.4) is 0 Å². The van der Waals surface area contributed by atoms with Crippen molar-refractivity contribution in [3.05, 3.63) is 66.1 Å². The highest BCUT2D eigenvalue weighted by atomic mass is 19.1. The van der Waals surface area contributed by atoms with E-state index in [1.807, 2.05) is 24.3 Å². The molecule has 114 valence electrons. The summed E-state index contributed by atoms with van der Waals surface area (Å²) in [6.45, 7) is 2.97. The number of fused-ring (bicyclic) bond motifs is 1. The molecule has 0 saturated carbocycles. The SMILES string of the molecule is CC1=CCCN1c1nc(-c2ccccc2F)nc2ccccc12. The fourth-order valence-electron chi connectivity index (χ4n) is 2.99. The summed E-state index contributed by atoms with van der Waals surface area (Å²) in [5.41, 5.74) is 2.43. The van der Waals surface area contributed by atoms with E-state index >= 15 is 0 Å². The minimum absolute atomic E-state index is 0.303. The topological polar surface area (TPSA) is 29.0 Å². The lowest BCUT2D eigenvalue weighted by Gasteiger charge is -2.21. The lowest BCUT2D eigenvalue weighted by molar-refractivity contribution is 0.630. The van der Waals surface area contributed by atoms with Gasteiger partial charge < -0.3 is 4.90 Å². The molecule has 0 saturated heterocycles. The van der Waals surface area contributed by atoms with Crippen molar-refractivity contribution < 1.29 is 4.39 Å². The van der Waals surface area contributed by atoms with Gasteiger partial charge in [-0.25, -0.2) is 14.4 Å². The lowest BCUT2D eigenvalue weighted by Crippen LogP contribution is -2.19. The van der Waals surface area contributed by atoms with Gasteiger partial charge in [-0.2, -0.15) is 0 Å². The van der Waals surface area contributed by atoms with Gasteiger partial charge in [0.25, 0.3) is 0 Å². The normalized spacial score (nSPS) is 14.3. The molecule has 0 aliphatic carbocycles. The second kappa shape index (κ2) is 5.47. The molecule has 0 amide bonds. The first-order valence-electron chi connectivity index (χ1n) is 7.70. The molecule has 4 rings (SSSR count). The van der Waals surface area contributed by atoms with Crippen LogP contribution >= 0.6 is 0 Å². The highest BCUT2D eigenvalue weighted by Gasteiger charge is 2.20. The molecule has 0 N–H and O–H groups in total. The van der Waals surface area contributed by atoms with Gasteiger partial charge in [0, 0.05) is 17.6 Å². The Morgan fingerprint density at radius 1 is 1.00 bits per heavy atom. The van der Waals surface area contributed by atoms with Crippen molar-refractivity contribution in [1.82, 2.24) is 9.97 Å². The molecule has 1 aliphatic heterocycles. The molecular weight excluding hydrogens is 289 g/mol. The number of benzene rings is 2. The van der Waals surface area contributed by atoms with Crippen LogP contribution in [-0.2, 0) is 0 Å². The van der Waals surface area contributed by atoms with Gasteiger partial charge in [-0.3, -0.25) is 0 Å². The zero-order chi connectivity index (χ0) is 15.8. The molecule has 2 heterocycles. The average molecular weight is 305 g/mol. The highest BCUT2D eigenvalue weighted by Crippen LogP contribution is 2.32. The number of halogens is 1. The molecule has 0 radical (unpaired) electrons. The summed E-state index contributed by atoms with van der Waals surface area (Å²) in [7, 11) is 0. The van der Waals surface area contributed by atoms with Crippen LogP contribution in [0, 0.1) is 5.82 Å². The number of para-hydroxylation sites is 1. The molecule has 0 atom stereocenters. The van der Waals surface area contributed by atoms with Gasteiger partial charge in [0.15, 0.2) is 5.82 Å². The van der Waals surface area contributed by atoms with Crippen molar-refractivity contribution >= 4 is 16.7 Å². The molecular formula is C19H16FN3. The third kappa shape index (κ3) is 2.36. The summed E-state index contributed by atoms with van der Waals surface area (Å²) in [5.74, 6) is 0.971. The third-order valence-corrected chi connectivity index (χ3v) is 4.17. The Balaban J connectivity index is 1.98. The number of anilines is 1. The summed E-state index contributed by atoms with van der Waals surface area (Å²) in [5, 5.41) is 0.988. The second-order valence-corrected chi connectivity index (χ2v) is 5.65. The molecule has 1 aromatic heterocycles. The number of hydrogen-bond acceptors (Lipinski definition) is 3. The predicted octanol–water partition coefficient (Wildman–Crippen LogP) is 4.55. The number of rotatable bonds is 2. The molecule has 0 unspecified atom stereocenters. The van der Waals surface area contributed by atoms with Crippen LogP contribution in [0.25, 0.3) is 22.3 Å². The molecule has 0 spiro atoms. The first kappa shape index (κ1) is 13.9. The minimum Gasteiger partial charge on any atom is -0.330 e. The van der Waals surface area contributed by atoms with Crippen LogP contribution in [0.15, 0.2) is 60.3 Å². The second-order valence-electron chi connectivity index (χ2n) is 5.65. The van der Waals surface area contributed by atoms with Crippen LogP contribution < -0.4 is 4.90 Å². The third-order valence-electron chi connectivity index (χ3n) is 4.17. The Morgan fingerprint density at radius 2 is 1.78 bits per heavy atom. The molecule has 0 bridgehead atoms. The lowest BCUT2D eigenvalue weighted by atomic mass is 10.1. The maximum absolute atomic E-state index is 14.2. The van der Waals surface area contributed by atoms with Crippen LogP contribution in [0.1, 0.15) is 13.3 Å². The van der Waals surface area contributed by atoms with E-state index in [2.05, 4.69) is 22.9 Å². The van der Waals surface area contributed by atoms with E-state index < -0.39 is 0 Å². The van der Waals surface area contributed by atoms with Crippen LogP contribution in [-0.4, -0.2) is 16.5 Å². The average Bonchev–Trinajstić information content (AvgIpc) is 3.00. The first-order chi connectivity index (χ1) is 11.2. The van der Waals surface area contributed by atoms with Gasteiger partial charge in [0.05, 0.1) is 11.1 Å². The van der Waals surface area contributed by atoms with E-state index in [0.29, 0.717) is 11.4 Å². The van der Waals surface area contributed by atoms with Gasteiger partial charge in [-0.1, -0.05) is 30.3 Å². The van der Waals surface area contributed by atoms with E-state index in [-0.39, 0.29) is 5.82 Å². The van der Waals surface area contributed by atoms with Crippen LogP contribution in [0.2, 0.25) is 0 Å². The Morgan fingerprint density at radius 3 is 2.57 bits per heavy atom. The Kier molecular flexibility index (Phi) is 3.30. The van der Waals surface area contributed by atoms with E-state index in [9.17, 15) is 4.39 Å². The zero-order valence-electron chi connectivity index (χ0n) is 12.8. The monoisotopic (exact) mass is 305 g/mol. The Bertz CT molecular complexity index is 917. The maximum Gasteiger partial charge on any atom is 0.165 e. The fourth-order valence-corrected chi connectivity index (χ4v) is 2.99. The van der Waals surface area contributed by atoms with E-state index in [1.54, 1.807) is 18.2 Å². The summed E-state index contributed by atoms with van der Waals surface area (Å²) >= 11 is 0. The molecule has 3 aromatic rings. The fraction of sp³-hybridized carbons (Fsp3) is 0.158. The maximum atomic E-state index is 14.2. The van der Waals surface area contributed by atoms with Gasteiger partial charge in [-0.15, -0.1) is 0 Å². The Hall–Kier alpha value is -2.75. The summed E-state index contributed by atoms with van der Waals surface area (Å²) in [6.07, 6.45) is 3.19. The van der Waals surface area contributed by atoms with Crippen molar-refractivity contribution in [2.45, 2.75) is 13.3 Å². The van der Waals surface area contributed by atoms with E-state index in [1.165, 1.54) is 11.8 Å². The van der Waals surface area contributed by atoms with Gasteiger partial charge in [0.1, 0.15) is 11.6 Å². The van der Waals surface area contributed by atoms with Crippen molar-refractivity contribution in [2.24, 2.45) is 0 Å². The molecule has 4 heteroatoms. The number of allylic oxidation sites excluding steroid dienone is 1. The van der Waals surface area contributed by atoms with Crippen molar-refractivity contribution in [1.29, 1.82) is 0 Å². The molecule has 23 heavy (non-hydrogen) atoms. The molecule has 2 aromatic carbocycles. The van der Waals surface area contributed by atoms with E-state index in [4.69, 9.17) is 4.98 Å². The zero-order valence-corrected chi connectivity index (χ0v) is 12.8. The first-order valence-corrected chi connectivity index (χ1v) is 7.70. The molecule has 1 aliphatic rings. The Labute approximate surface area is 134 Å². The summed E-state index contributed by atoms with van der Waals surface area (Å²) < 4.78 is 14.2. The quantitative estimate of drug-likeness (QED) is 0.695. The standard InChI is InChI=1S/C19H16FN3/c1-13-7-6-12-23(13)19-15-9-3-5-11-17(15)21-18(22-19)14-8-2-4-10-16(14)20/h2-5,7-11H,6,12H2,1H3. The predicted molar refractivity (Wildman–Crippen MR) is 90.7 cm³/mol.